The van der Waals surface area contributed by atoms with E-state index in [0.717, 1.165) is 15.5 Å². The Morgan fingerprint density at radius 1 is 1.21 bits per heavy atom. The zero-order valence-electron chi connectivity index (χ0n) is 11.3. The molecule has 0 spiro atoms. The lowest BCUT2D eigenvalue weighted by Crippen LogP contribution is -2.17. The second-order valence-electron chi connectivity index (χ2n) is 4.72. The largest absolute Gasteiger partial charge is 0.305 e. The second kappa shape index (κ2) is 6.53. The van der Waals surface area contributed by atoms with Crippen molar-refractivity contribution in [3.8, 4) is 0 Å². The Morgan fingerprint density at radius 2 is 1.95 bits per heavy atom. The summed E-state index contributed by atoms with van der Waals surface area (Å²) in [7, 11) is 0. The fourth-order valence-electron chi connectivity index (χ4n) is 1.95. The molecular formula is C15H17Br2NS. The second-order valence-corrected chi connectivity index (χ2v) is 7.83. The SMILES string of the molecule is Cc1cc(CNC(C)c2ccc(Br)cc2Br)sc1C. The predicted octanol–water partition coefficient (Wildman–Crippen LogP) is 5.74. The van der Waals surface area contributed by atoms with E-state index in [9.17, 15) is 0 Å². The molecule has 1 N–H and O–H groups in total. The third-order valence-electron chi connectivity index (χ3n) is 3.23. The molecule has 0 radical (unpaired) electrons. The molecule has 0 aliphatic carbocycles. The Balaban J connectivity index is 2.03. The number of hydrogen-bond donors (Lipinski definition) is 1. The highest BCUT2D eigenvalue weighted by Gasteiger charge is 2.10. The topological polar surface area (TPSA) is 12.0 Å². The summed E-state index contributed by atoms with van der Waals surface area (Å²) in [6, 6.07) is 8.92. The van der Waals surface area contributed by atoms with Crippen molar-refractivity contribution in [2.45, 2.75) is 33.4 Å². The number of rotatable bonds is 4. The van der Waals surface area contributed by atoms with Gasteiger partial charge in [0.2, 0.25) is 0 Å². The third-order valence-corrected chi connectivity index (χ3v) is 5.56. The summed E-state index contributed by atoms with van der Waals surface area (Å²) in [6.45, 7) is 7.46. The zero-order valence-corrected chi connectivity index (χ0v) is 15.2. The molecule has 0 aliphatic rings. The van der Waals surface area contributed by atoms with Crippen LogP contribution in [0.2, 0.25) is 0 Å². The lowest BCUT2D eigenvalue weighted by atomic mass is 10.1. The maximum atomic E-state index is 3.62. The zero-order chi connectivity index (χ0) is 14.0. The van der Waals surface area contributed by atoms with Crippen LogP contribution in [0.4, 0.5) is 0 Å². The normalized spacial score (nSPS) is 12.7. The average Bonchev–Trinajstić information content (AvgIpc) is 2.66. The minimum Gasteiger partial charge on any atom is -0.305 e. The Bertz CT molecular complexity index is 558. The molecule has 19 heavy (non-hydrogen) atoms. The first-order valence-electron chi connectivity index (χ1n) is 6.21. The van der Waals surface area contributed by atoms with E-state index in [1.807, 2.05) is 11.3 Å². The molecule has 0 bridgehead atoms. The minimum absolute atomic E-state index is 0.324. The molecule has 2 aromatic rings. The molecule has 1 aromatic carbocycles. The molecule has 0 saturated carbocycles. The van der Waals surface area contributed by atoms with Gasteiger partial charge in [-0.1, -0.05) is 37.9 Å². The van der Waals surface area contributed by atoms with Gasteiger partial charge >= 0.3 is 0 Å². The first-order valence-corrected chi connectivity index (χ1v) is 8.62. The number of halogens is 2. The monoisotopic (exact) mass is 401 g/mol. The van der Waals surface area contributed by atoms with Crippen LogP contribution in [0.1, 0.15) is 33.8 Å². The van der Waals surface area contributed by atoms with Crippen molar-refractivity contribution in [3.05, 3.63) is 54.1 Å². The summed E-state index contributed by atoms with van der Waals surface area (Å²) in [6.07, 6.45) is 0. The van der Waals surface area contributed by atoms with E-state index in [0.29, 0.717) is 6.04 Å². The molecule has 0 saturated heterocycles. The average molecular weight is 403 g/mol. The van der Waals surface area contributed by atoms with Crippen molar-refractivity contribution in [1.29, 1.82) is 0 Å². The number of nitrogens with one attached hydrogen (secondary N) is 1. The smallest absolute Gasteiger partial charge is 0.0306 e. The Hall–Kier alpha value is -0.160. The van der Waals surface area contributed by atoms with Gasteiger partial charge in [0.25, 0.3) is 0 Å². The molecule has 1 nitrogen and oxygen atoms in total. The molecule has 1 aromatic heterocycles. The van der Waals surface area contributed by atoms with Crippen LogP contribution in [-0.4, -0.2) is 0 Å². The van der Waals surface area contributed by atoms with Gasteiger partial charge in [-0.05, 0) is 50.1 Å². The van der Waals surface area contributed by atoms with E-state index >= 15 is 0 Å². The van der Waals surface area contributed by atoms with Gasteiger partial charge in [0.1, 0.15) is 0 Å². The van der Waals surface area contributed by atoms with Crippen LogP contribution >= 0.6 is 43.2 Å². The maximum absolute atomic E-state index is 3.62. The van der Waals surface area contributed by atoms with Crippen LogP contribution in [0.25, 0.3) is 0 Å². The van der Waals surface area contributed by atoms with E-state index in [1.54, 1.807) is 0 Å². The van der Waals surface area contributed by atoms with Gasteiger partial charge in [-0.3, -0.25) is 0 Å². The Kier molecular flexibility index (Phi) is 5.23. The number of hydrogen-bond acceptors (Lipinski definition) is 2. The van der Waals surface area contributed by atoms with Crippen LogP contribution in [0, 0.1) is 13.8 Å². The number of aryl methyl sites for hydroxylation is 2. The van der Waals surface area contributed by atoms with Crippen LogP contribution in [0.15, 0.2) is 33.2 Å². The van der Waals surface area contributed by atoms with Gasteiger partial charge in [-0.15, -0.1) is 11.3 Å². The van der Waals surface area contributed by atoms with E-state index in [-0.39, 0.29) is 0 Å². The Morgan fingerprint density at radius 3 is 2.53 bits per heavy atom. The fourth-order valence-corrected chi connectivity index (χ4v) is 4.35. The summed E-state index contributed by atoms with van der Waals surface area (Å²) in [5, 5.41) is 3.58. The molecule has 0 amide bonds. The summed E-state index contributed by atoms with van der Waals surface area (Å²) < 4.78 is 2.24. The molecule has 1 atom stereocenters. The molecule has 1 heterocycles. The molecule has 0 fully saturated rings. The van der Waals surface area contributed by atoms with Crippen molar-refractivity contribution in [1.82, 2.24) is 5.32 Å². The van der Waals surface area contributed by atoms with Gasteiger partial charge in [0.15, 0.2) is 0 Å². The van der Waals surface area contributed by atoms with E-state index in [4.69, 9.17) is 0 Å². The Labute approximate surface area is 135 Å². The summed E-state index contributed by atoms with van der Waals surface area (Å²) in [4.78, 5) is 2.81. The van der Waals surface area contributed by atoms with Crippen LogP contribution in [0.3, 0.4) is 0 Å². The highest BCUT2D eigenvalue weighted by Crippen LogP contribution is 2.27. The summed E-state index contributed by atoms with van der Waals surface area (Å²) in [5.74, 6) is 0. The van der Waals surface area contributed by atoms with Crippen LogP contribution in [0.5, 0.6) is 0 Å². The lowest BCUT2D eigenvalue weighted by Gasteiger charge is -2.15. The molecule has 0 aliphatic heterocycles. The maximum Gasteiger partial charge on any atom is 0.0306 e. The van der Waals surface area contributed by atoms with Gasteiger partial charge in [-0.2, -0.15) is 0 Å². The molecule has 2 rings (SSSR count). The molecule has 102 valence electrons. The van der Waals surface area contributed by atoms with E-state index < -0.39 is 0 Å². The van der Waals surface area contributed by atoms with Crippen molar-refractivity contribution in [3.63, 3.8) is 0 Å². The van der Waals surface area contributed by atoms with Gasteiger partial charge in [0, 0.05) is 31.3 Å². The molecule has 1 unspecified atom stereocenters. The minimum atomic E-state index is 0.324. The lowest BCUT2D eigenvalue weighted by molar-refractivity contribution is 0.577. The van der Waals surface area contributed by atoms with Gasteiger partial charge < -0.3 is 5.32 Å². The number of thiophene rings is 1. The predicted molar refractivity (Wildman–Crippen MR) is 90.9 cm³/mol. The van der Waals surface area contributed by atoms with E-state index in [2.05, 4.69) is 82.2 Å². The fraction of sp³-hybridized carbons (Fsp3) is 0.333. The summed E-state index contributed by atoms with van der Waals surface area (Å²) in [5.41, 5.74) is 2.67. The third kappa shape index (κ3) is 3.91. The van der Waals surface area contributed by atoms with E-state index in [1.165, 1.54) is 20.9 Å². The highest BCUT2D eigenvalue weighted by atomic mass is 79.9. The first kappa shape index (κ1) is 15.2. The number of benzene rings is 1. The van der Waals surface area contributed by atoms with Crippen LogP contribution < -0.4 is 5.32 Å². The first-order chi connectivity index (χ1) is 8.97. The summed E-state index contributed by atoms with van der Waals surface area (Å²) >= 11 is 8.98. The standard InChI is InChI=1S/C15H17Br2NS/c1-9-6-13(19-11(9)3)8-18-10(2)14-5-4-12(16)7-15(14)17/h4-7,10,18H,8H2,1-3H3. The van der Waals surface area contributed by atoms with Gasteiger partial charge in [-0.25, -0.2) is 0 Å². The molecular weight excluding hydrogens is 386 g/mol. The van der Waals surface area contributed by atoms with Crippen molar-refractivity contribution >= 4 is 43.2 Å². The van der Waals surface area contributed by atoms with Crippen molar-refractivity contribution in [2.75, 3.05) is 0 Å². The quantitative estimate of drug-likeness (QED) is 0.687. The van der Waals surface area contributed by atoms with Crippen LogP contribution in [-0.2, 0) is 6.54 Å². The van der Waals surface area contributed by atoms with Gasteiger partial charge in [0.05, 0.1) is 0 Å². The van der Waals surface area contributed by atoms with Crippen molar-refractivity contribution < 1.29 is 0 Å². The van der Waals surface area contributed by atoms with Crippen molar-refractivity contribution in [2.24, 2.45) is 0 Å². The molecule has 4 heteroatoms. The highest BCUT2D eigenvalue weighted by molar-refractivity contribution is 9.11.